The second-order valence-corrected chi connectivity index (χ2v) is 8.35. The van der Waals surface area contributed by atoms with E-state index in [4.69, 9.17) is 4.74 Å². The molecule has 1 aliphatic rings. The Kier molecular flexibility index (Phi) is 5.71. The third kappa shape index (κ3) is 5.05. The molecule has 1 aliphatic heterocycles. The fourth-order valence-corrected chi connectivity index (χ4v) is 2.99. The van der Waals surface area contributed by atoms with Crippen molar-refractivity contribution in [3.05, 3.63) is 17.5 Å². The number of carbonyl (C=O) groups is 1. The number of hydrogen-bond acceptors (Lipinski definition) is 5. The number of carbonyl (C=O) groups excluding carboxylic acids is 1. The zero-order valence-corrected chi connectivity index (χ0v) is 16.0. The van der Waals surface area contributed by atoms with Gasteiger partial charge in [0.05, 0.1) is 11.9 Å². The SMILES string of the molecule is CN1CCC(C)(CNCc2c(C(=O)OC(C)(C)C)cnn2C)CC1. The van der Waals surface area contributed by atoms with E-state index in [9.17, 15) is 4.79 Å². The third-order valence-corrected chi connectivity index (χ3v) is 4.72. The van der Waals surface area contributed by atoms with Gasteiger partial charge in [-0.3, -0.25) is 4.68 Å². The number of nitrogens with one attached hydrogen (secondary N) is 1. The lowest BCUT2D eigenvalue weighted by Crippen LogP contribution is -2.42. The van der Waals surface area contributed by atoms with Gasteiger partial charge < -0.3 is 15.0 Å². The van der Waals surface area contributed by atoms with Crippen LogP contribution in [-0.4, -0.2) is 52.9 Å². The van der Waals surface area contributed by atoms with Crippen molar-refractivity contribution in [3.63, 3.8) is 0 Å². The molecule has 6 nitrogen and oxygen atoms in total. The second-order valence-electron chi connectivity index (χ2n) is 8.35. The molecule has 1 fully saturated rings. The molecule has 2 heterocycles. The van der Waals surface area contributed by atoms with Crippen molar-refractivity contribution in [3.8, 4) is 0 Å². The molecule has 0 radical (unpaired) electrons. The van der Waals surface area contributed by atoms with Crippen molar-refractivity contribution in [2.24, 2.45) is 12.5 Å². The number of rotatable bonds is 5. The first-order chi connectivity index (χ1) is 11.1. The standard InChI is InChI=1S/C18H32N4O2/c1-17(2,3)24-16(23)14-11-20-22(6)15(14)12-19-13-18(4)7-9-21(5)10-8-18/h11,19H,7-10,12-13H2,1-6H3. The molecular weight excluding hydrogens is 304 g/mol. The van der Waals surface area contributed by atoms with Gasteiger partial charge in [-0.25, -0.2) is 4.79 Å². The number of esters is 1. The first-order valence-corrected chi connectivity index (χ1v) is 8.73. The van der Waals surface area contributed by atoms with Gasteiger partial charge in [0.1, 0.15) is 11.2 Å². The highest BCUT2D eigenvalue weighted by molar-refractivity contribution is 5.90. The Morgan fingerprint density at radius 2 is 1.96 bits per heavy atom. The minimum atomic E-state index is -0.501. The van der Waals surface area contributed by atoms with E-state index < -0.39 is 5.60 Å². The van der Waals surface area contributed by atoms with Gasteiger partial charge in [-0.1, -0.05) is 6.92 Å². The summed E-state index contributed by atoms with van der Waals surface area (Å²) in [5.74, 6) is -0.307. The summed E-state index contributed by atoms with van der Waals surface area (Å²) in [7, 11) is 4.04. The van der Waals surface area contributed by atoms with E-state index in [0.29, 0.717) is 17.5 Å². The van der Waals surface area contributed by atoms with Crippen LogP contribution in [0.4, 0.5) is 0 Å². The Hall–Kier alpha value is -1.40. The molecule has 0 aromatic carbocycles. The fourth-order valence-electron chi connectivity index (χ4n) is 2.99. The highest BCUT2D eigenvalue weighted by Gasteiger charge is 2.29. The number of ether oxygens (including phenoxy) is 1. The van der Waals surface area contributed by atoms with Crippen LogP contribution in [-0.2, 0) is 18.3 Å². The summed E-state index contributed by atoms with van der Waals surface area (Å²) < 4.78 is 7.23. The van der Waals surface area contributed by atoms with Gasteiger partial charge in [0.25, 0.3) is 0 Å². The summed E-state index contributed by atoms with van der Waals surface area (Å²) in [5.41, 5.74) is 1.24. The van der Waals surface area contributed by atoms with Crippen molar-refractivity contribution < 1.29 is 9.53 Å². The molecule has 1 saturated heterocycles. The van der Waals surface area contributed by atoms with Crippen molar-refractivity contribution in [1.82, 2.24) is 20.0 Å². The van der Waals surface area contributed by atoms with Gasteiger partial charge in [-0.05, 0) is 59.2 Å². The number of hydrogen-bond donors (Lipinski definition) is 1. The van der Waals surface area contributed by atoms with E-state index in [1.807, 2.05) is 27.8 Å². The minimum Gasteiger partial charge on any atom is -0.456 e. The summed E-state index contributed by atoms with van der Waals surface area (Å²) in [6, 6.07) is 0. The lowest BCUT2D eigenvalue weighted by Gasteiger charge is -2.38. The average molecular weight is 336 g/mol. The van der Waals surface area contributed by atoms with E-state index in [1.54, 1.807) is 10.9 Å². The Morgan fingerprint density at radius 3 is 2.54 bits per heavy atom. The van der Waals surface area contributed by atoms with E-state index in [2.05, 4.69) is 29.3 Å². The summed E-state index contributed by atoms with van der Waals surface area (Å²) >= 11 is 0. The van der Waals surface area contributed by atoms with Gasteiger partial charge in [0, 0.05) is 20.1 Å². The monoisotopic (exact) mass is 336 g/mol. The number of nitrogens with zero attached hydrogens (tertiary/aromatic N) is 3. The van der Waals surface area contributed by atoms with Crippen LogP contribution in [0.5, 0.6) is 0 Å². The Balaban J connectivity index is 1.95. The Labute approximate surface area is 145 Å². The van der Waals surface area contributed by atoms with E-state index in [-0.39, 0.29) is 5.97 Å². The number of aromatic nitrogens is 2. The van der Waals surface area contributed by atoms with Gasteiger partial charge in [-0.15, -0.1) is 0 Å². The molecule has 1 aromatic rings. The topological polar surface area (TPSA) is 59.4 Å². The van der Waals surface area contributed by atoms with Crippen LogP contribution in [0, 0.1) is 5.41 Å². The Bertz CT molecular complexity index is 566. The van der Waals surface area contributed by atoms with Crippen molar-refractivity contribution in [2.75, 3.05) is 26.7 Å². The normalized spacial score (nSPS) is 18.6. The van der Waals surface area contributed by atoms with Gasteiger partial charge in [0.2, 0.25) is 0 Å². The zero-order valence-electron chi connectivity index (χ0n) is 16.0. The summed E-state index contributed by atoms with van der Waals surface area (Å²) in [6.45, 7) is 11.8. The predicted octanol–water partition coefficient (Wildman–Crippen LogP) is 2.20. The quantitative estimate of drug-likeness (QED) is 0.835. The molecule has 136 valence electrons. The summed E-state index contributed by atoms with van der Waals surface area (Å²) in [5, 5.41) is 7.75. The van der Waals surface area contributed by atoms with E-state index in [0.717, 1.165) is 25.3 Å². The first kappa shape index (κ1) is 18.9. The third-order valence-electron chi connectivity index (χ3n) is 4.72. The van der Waals surface area contributed by atoms with Crippen molar-refractivity contribution in [2.45, 2.75) is 52.7 Å². The fraction of sp³-hybridized carbons (Fsp3) is 0.778. The summed E-state index contributed by atoms with van der Waals surface area (Å²) in [6.07, 6.45) is 3.99. The molecular formula is C18H32N4O2. The second kappa shape index (κ2) is 7.23. The molecule has 0 unspecified atom stereocenters. The molecule has 0 amide bonds. The molecule has 0 atom stereocenters. The molecule has 1 aromatic heterocycles. The smallest absolute Gasteiger partial charge is 0.342 e. The molecule has 24 heavy (non-hydrogen) atoms. The molecule has 0 aliphatic carbocycles. The zero-order chi connectivity index (χ0) is 18.0. The highest BCUT2D eigenvalue weighted by atomic mass is 16.6. The van der Waals surface area contributed by atoms with Crippen LogP contribution >= 0.6 is 0 Å². The maximum Gasteiger partial charge on any atom is 0.342 e. The maximum atomic E-state index is 12.3. The maximum absolute atomic E-state index is 12.3. The molecule has 0 spiro atoms. The predicted molar refractivity (Wildman–Crippen MR) is 94.9 cm³/mol. The molecule has 2 rings (SSSR count). The van der Waals surface area contributed by atoms with Gasteiger partial charge in [0.15, 0.2) is 0 Å². The first-order valence-electron chi connectivity index (χ1n) is 8.73. The van der Waals surface area contributed by atoms with Crippen LogP contribution in [0.3, 0.4) is 0 Å². The molecule has 6 heteroatoms. The van der Waals surface area contributed by atoms with E-state index in [1.165, 1.54) is 12.8 Å². The average Bonchev–Trinajstić information content (AvgIpc) is 2.82. The van der Waals surface area contributed by atoms with Gasteiger partial charge in [-0.2, -0.15) is 5.10 Å². The minimum absolute atomic E-state index is 0.307. The van der Waals surface area contributed by atoms with Crippen molar-refractivity contribution >= 4 is 5.97 Å². The molecule has 1 N–H and O–H groups in total. The van der Waals surface area contributed by atoms with Crippen LogP contribution in [0.1, 0.15) is 56.6 Å². The van der Waals surface area contributed by atoms with E-state index >= 15 is 0 Å². The van der Waals surface area contributed by atoms with Crippen LogP contribution in [0.2, 0.25) is 0 Å². The summed E-state index contributed by atoms with van der Waals surface area (Å²) in [4.78, 5) is 14.7. The van der Waals surface area contributed by atoms with Crippen molar-refractivity contribution in [1.29, 1.82) is 0 Å². The van der Waals surface area contributed by atoms with Crippen LogP contribution in [0.25, 0.3) is 0 Å². The Morgan fingerprint density at radius 1 is 1.33 bits per heavy atom. The molecule has 0 bridgehead atoms. The van der Waals surface area contributed by atoms with Gasteiger partial charge >= 0.3 is 5.97 Å². The largest absolute Gasteiger partial charge is 0.456 e. The van der Waals surface area contributed by atoms with Crippen LogP contribution in [0.15, 0.2) is 6.20 Å². The lowest BCUT2D eigenvalue weighted by molar-refractivity contribution is 0.00680. The lowest BCUT2D eigenvalue weighted by atomic mass is 9.80. The number of aryl methyl sites for hydroxylation is 1. The number of likely N-dealkylation sites (tertiary alicyclic amines) is 1. The number of piperidine rings is 1. The van der Waals surface area contributed by atoms with Crippen LogP contribution < -0.4 is 5.32 Å². The highest BCUT2D eigenvalue weighted by Crippen LogP contribution is 2.29. The molecule has 0 saturated carbocycles.